The summed E-state index contributed by atoms with van der Waals surface area (Å²) in [4.78, 5) is 24.6. The highest BCUT2D eigenvalue weighted by molar-refractivity contribution is 5.76. The number of nitrogens with one attached hydrogen (secondary N) is 1. The molecule has 90 heavy (non-hydrogen) atoms. The second-order valence-corrected chi connectivity index (χ2v) is 28.8. The fourth-order valence-electron chi connectivity index (χ4n) is 13.4. The quantitative estimate of drug-likeness (QED) is 0.0320. The van der Waals surface area contributed by atoms with Crippen LogP contribution in [-0.2, 0) is 14.3 Å². The fraction of sp³-hybridized carbons (Fsp3) is 0.929. The van der Waals surface area contributed by atoms with E-state index in [2.05, 4.69) is 31.3 Å². The van der Waals surface area contributed by atoms with E-state index < -0.39 is 12.1 Å². The summed E-state index contributed by atoms with van der Waals surface area (Å²) in [5.74, 6) is -0.0354. The molecule has 0 aromatic heterocycles. The van der Waals surface area contributed by atoms with Gasteiger partial charge in [-0.1, -0.05) is 430 Å². The minimum Gasteiger partial charge on any atom is -0.466 e. The Balaban J connectivity index is 3.36. The second kappa shape index (κ2) is 79.8. The van der Waals surface area contributed by atoms with Gasteiger partial charge in [-0.15, -0.1) is 0 Å². The average molecular weight is 1270 g/mol. The van der Waals surface area contributed by atoms with Crippen molar-refractivity contribution in [2.75, 3.05) is 13.2 Å². The van der Waals surface area contributed by atoms with Crippen LogP contribution in [0.4, 0.5) is 0 Å². The van der Waals surface area contributed by atoms with Gasteiger partial charge in [-0.2, -0.15) is 0 Å². The van der Waals surface area contributed by atoms with Crippen LogP contribution in [0.5, 0.6) is 0 Å². The molecule has 0 heterocycles. The number of unbranched alkanes of at least 4 members (excludes halogenated alkanes) is 66. The molecule has 0 aliphatic rings. The zero-order valence-electron chi connectivity index (χ0n) is 61.4. The van der Waals surface area contributed by atoms with Gasteiger partial charge < -0.3 is 20.3 Å². The molecule has 1 amide bonds. The van der Waals surface area contributed by atoms with Gasteiger partial charge in [-0.3, -0.25) is 9.59 Å². The number of esters is 1. The number of allylic oxidation sites excluding steroid dienone is 3. The van der Waals surface area contributed by atoms with E-state index in [0.717, 1.165) is 38.5 Å². The molecule has 0 aromatic rings. The van der Waals surface area contributed by atoms with Crippen LogP contribution in [0.2, 0.25) is 0 Å². The lowest BCUT2D eigenvalue weighted by atomic mass is 10.0. The first-order chi connectivity index (χ1) is 44.5. The molecule has 0 radical (unpaired) electrons. The molecule has 0 spiro atoms. The third-order valence-electron chi connectivity index (χ3n) is 19.7. The minimum absolute atomic E-state index is 0.0233. The monoisotopic (exact) mass is 1270 g/mol. The molecule has 0 aliphatic heterocycles. The highest BCUT2D eigenvalue weighted by Crippen LogP contribution is 2.20. The number of ether oxygens (including phenoxy) is 1. The summed E-state index contributed by atoms with van der Waals surface area (Å²) in [7, 11) is 0. The maximum absolute atomic E-state index is 12.6. The van der Waals surface area contributed by atoms with Crippen molar-refractivity contribution in [1.82, 2.24) is 5.32 Å². The first kappa shape index (κ1) is 88.3. The van der Waals surface area contributed by atoms with Gasteiger partial charge in [-0.25, -0.2) is 0 Å². The van der Waals surface area contributed by atoms with Crippen molar-refractivity contribution < 1.29 is 24.5 Å². The van der Waals surface area contributed by atoms with Gasteiger partial charge in [0.25, 0.3) is 0 Å². The largest absolute Gasteiger partial charge is 0.466 e. The van der Waals surface area contributed by atoms with E-state index in [1.54, 1.807) is 6.08 Å². The predicted molar refractivity (Wildman–Crippen MR) is 398 cm³/mol. The first-order valence-corrected chi connectivity index (χ1v) is 41.6. The van der Waals surface area contributed by atoms with Crippen LogP contribution in [0.3, 0.4) is 0 Å². The highest BCUT2D eigenvalue weighted by Gasteiger charge is 2.18. The molecular formula is C84H163NO5. The van der Waals surface area contributed by atoms with Crippen molar-refractivity contribution in [3.8, 4) is 0 Å². The van der Waals surface area contributed by atoms with Crippen molar-refractivity contribution in [2.45, 2.75) is 488 Å². The molecule has 3 N–H and O–H groups in total. The lowest BCUT2D eigenvalue weighted by Crippen LogP contribution is -2.45. The molecule has 0 aromatic carbocycles. The van der Waals surface area contributed by atoms with Gasteiger partial charge in [-0.05, 0) is 57.8 Å². The van der Waals surface area contributed by atoms with Crippen molar-refractivity contribution in [1.29, 1.82) is 0 Å². The predicted octanol–water partition coefficient (Wildman–Crippen LogP) is 27.6. The van der Waals surface area contributed by atoms with E-state index >= 15 is 0 Å². The van der Waals surface area contributed by atoms with Gasteiger partial charge in [0, 0.05) is 12.8 Å². The van der Waals surface area contributed by atoms with E-state index in [1.807, 2.05) is 6.08 Å². The molecule has 0 saturated heterocycles. The van der Waals surface area contributed by atoms with Crippen LogP contribution in [0.15, 0.2) is 24.3 Å². The Hall–Kier alpha value is -1.66. The molecule has 0 aliphatic carbocycles. The van der Waals surface area contributed by atoms with Crippen LogP contribution in [0.1, 0.15) is 476 Å². The van der Waals surface area contributed by atoms with E-state index in [4.69, 9.17) is 4.74 Å². The number of amides is 1. The van der Waals surface area contributed by atoms with Crippen LogP contribution in [0, 0.1) is 0 Å². The Kier molecular flexibility index (Phi) is 78.3. The smallest absolute Gasteiger partial charge is 0.305 e. The molecular weight excluding hydrogens is 1100 g/mol. The van der Waals surface area contributed by atoms with Gasteiger partial charge in [0.05, 0.1) is 25.4 Å². The Morgan fingerprint density at radius 1 is 0.300 bits per heavy atom. The lowest BCUT2D eigenvalue weighted by molar-refractivity contribution is -0.143. The van der Waals surface area contributed by atoms with E-state index in [-0.39, 0.29) is 18.5 Å². The van der Waals surface area contributed by atoms with Crippen LogP contribution >= 0.6 is 0 Å². The molecule has 0 fully saturated rings. The molecule has 0 rings (SSSR count). The SMILES string of the molecule is CCCCCCCCCCCCCCCCCCCCCCCC/C=C/C(O)C(CO)NC(=O)CCCCCCCCCCCCCCCCCCC/C=C\CCCCCCCCCCCCCCCCOC(=O)CCCCCCCCCCCCCCCC. The van der Waals surface area contributed by atoms with Crippen LogP contribution in [0.25, 0.3) is 0 Å². The number of aliphatic hydroxyl groups excluding tert-OH is 2. The molecule has 534 valence electrons. The Morgan fingerprint density at radius 2 is 0.522 bits per heavy atom. The molecule has 0 bridgehead atoms. The van der Waals surface area contributed by atoms with Crippen molar-refractivity contribution in [3.05, 3.63) is 24.3 Å². The Morgan fingerprint density at radius 3 is 0.789 bits per heavy atom. The average Bonchev–Trinajstić information content (AvgIpc) is 3.69. The third kappa shape index (κ3) is 75.4. The number of carbonyl (C=O) groups excluding carboxylic acids is 2. The summed E-state index contributed by atoms with van der Waals surface area (Å²) in [6, 6.07) is -0.626. The van der Waals surface area contributed by atoms with E-state index in [9.17, 15) is 19.8 Å². The topological polar surface area (TPSA) is 95.9 Å². The lowest BCUT2D eigenvalue weighted by Gasteiger charge is -2.20. The van der Waals surface area contributed by atoms with Gasteiger partial charge in [0.2, 0.25) is 5.91 Å². The summed E-state index contributed by atoms with van der Waals surface area (Å²) >= 11 is 0. The Bertz CT molecular complexity index is 1410. The third-order valence-corrected chi connectivity index (χ3v) is 19.7. The zero-order valence-corrected chi connectivity index (χ0v) is 61.4. The summed E-state index contributed by atoms with van der Waals surface area (Å²) < 4.78 is 5.50. The maximum atomic E-state index is 12.6. The first-order valence-electron chi connectivity index (χ1n) is 41.6. The Labute approximate surface area is 564 Å². The zero-order chi connectivity index (χ0) is 64.9. The number of hydrogen-bond donors (Lipinski definition) is 3. The summed E-state index contributed by atoms with van der Waals surface area (Å²) in [6.07, 6.45) is 103. The van der Waals surface area contributed by atoms with Crippen molar-refractivity contribution >= 4 is 11.9 Å². The van der Waals surface area contributed by atoms with Gasteiger partial charge in [0.15, 0.2) is 0 Å². The van der Waals surface area contributed by atoms with Crippen LogP contribution < -0.4 is 5.32 Å². The van der Waals surface area contributed by atoms with Gasteiger partial charge in [0.1, 0.15) is 0 Å². The van der Waals surface area contributed by atoms with Crippen molar-refractivity contribution in [2.24, 2.45) is 0 Å². The number of rotatable bonds is 79. The van der Waals surface area contributed by atoms with E-state index in [0.29, 0.717) is 19.4 Å². The number of hydrogen-bond acceptors (Lipinski definition) is 5. The summed E-state index contributed by atoms with van der Waals surface area (Å²) in [5.41, 5.74) is 0. The molecule has 2 atom stereocenters. The van der Waals surface area contributed by atoms with Gasteiger partial charge >= 0.3 is 5.97 Å². The van der Waals surface area contributed by atoms with E-state index in [1.165, 1.54) is 411 Å². The fourth-order valence-corrected chi connectivity index (χ4v) is 13.4. The van der Waals surface area contributed by atoms with Crippen LogP contribution in [-0.4, -0.2) is 47.4 Å². The number of carbonyl (C=O) groups is 2. The number of aliphatic hydroxyl groups is 2. The van der Waals surface area contributed by atoms with Crippen molar-refractivity contribution in [3.63, 3.8) is 0 Å². The molecule has 0 saturated carbocycles. The normalized spacial score (nSPS) is 12.5. The molecule has 6 nitrogen and oxygen atoms in total. The highest BCUT2D eigenvalue weighted by atomic mass is 16.5. The standard InChI is InChI=1S/C84H163NO5/c1-3-5-7-9-11-13-15-17-19-20-21-22-23-37-40-43-46-49-52-56-60-64-68-72-76-82(87)81(80-86)85-83(88)77-73-69-65-61-57-53-50-47-44-41-38-35-33-31-29-27-25-24-26-28-30-32-34-36-39-42-45-48-51-55-59-63-67-71-75-79-90-84(89)78-74-70-66-62-58-54-18-16-14-12-10-8-6-4-2/h26,28,72,76,81-82,86-87H,3-25,27,29-71,73-75,77-80H2,1-2H3,(H,85,88)/b28-26-,76-72+. The molecule has 6 heteroatoms. The minimum atomic E-state index is -0.843. The molecule has 2 unspecified atom stereocenters. The second-order valence-electron chi connectivity index (χ2n) is 28.8. The summed E-state index contributed by atoms with van der Waals surface area (Å²) in [5, 5.41) is 23.3. The maximum Gasteiger partial charge on any atom is 0.305 e. The summed E-state index contributed by atoms with van der Waals surface area (Å²) in [6.45, 7) is 4.97.